The minimum Gasteiger partial charge on any atom is -0.479 e. The molecule has 0 bridgehead atoms. The summed E-state index contributed by atoms with van der Waals surface area (Å²) in [6, 6.07) is 5.12. The first-order valence-corrected chi connectivity index (χ1v) is 7.21. The van der Waals surface area contributed by atoms with Crippen LogP contribution in [0.1, 0.15) is 25.8 Å². The number of rotatable bonds is 4. The fourth-order valence-corrected chi connectivity index (χ4v) is 2.46. The van der Waals surface area contributed by atoms with Crippen molar-refractivity contribution in [2.75, 3.05) is 11.6 Å². The van der Waals surface area contributed by atoms with E-state index in [1.165, 1.54) is 11.9 Å². The number of carbonyl (C=O) groups excluding carboxylic acids is 1. The van der Waals surface area contributed by atoms with Crippen LogP contribution < -0.4 is 5.01 Å². The van der Waals surface area contributed by atoms with Crippen molar-refractivity contribution in [3.63, 3.8) is 0 Å². The molecule has 1 aromatic rings. The Balaban J connectivity index is 2.50. The molecule has 0 fully saturated rings. The van der Waals surface area contributed by atoms with Gasteiger partial charge in [0, 0.05) is 11.4 Å². The highest BCUT2D eigenvalue weighted by Crippen LogP contribution is 2.36. The number of nitrogens with zero attached hydrogens (tertiary/aromatic N) is 2. The molecule has 0 spiro atoms. The second-order valence-electron chi connectivity index (χ2n) is 5.27. The quantitative estimate of drug-likeness (QED) is 0.861. The second-order valence-corrected chi connectivity index (χ2v) is 5.70. The van der Waals surface area contributed by atoms with Crippen molar-refractivity contribution in [2.24, 2.45) is 5.10 Å². The first kappa shape index (κ1) is 16.3. The van der Waals surface area contributed by atoms with Crippen molar-refractivity contribution in [2.45, 2.75) is 32.7 Å². The van der Waals surface area contributed by atoms with E-state index < -0.39 is 17.5 Å². The number of aryl methyl sites for hydroxylation is 1. The van der Waals surface area contributed by atoms with Crippen molar-refractivity contribution >= 4 is 34.9 Å². The van der Waals surface area contributed by atoms with Crippen LogP contribution in [0.15, 0.2) is 23.3 Å². The first-order chi connectivity index (χ1) is 10.3. The molecule has 22 heavy (non-hydrogen) atoms. The van der Waals surface area contributed by atoms with Gasteiger partial charge >= 0.3 is 11.9 Å². The van der Waals surface area contributed by atoms with E-state index in [-0.39, 0.29) is 18.7 Å². The van der Waals surface area contributed by atoms with Crippen molar-refractivity contribution in [3.8, 4) is 0 Å². The zero-order valence-corrected chi connectivity index (χ0v) is 13.3. The third-order valence-electron chi connectivity index (χ3n) is 3.57. The van der Waals surface area contributed by atoms with Gasteiger partial charge in [0.2, 0.25) is 0 Å². The topological polar surface area (TPSA) is 79.2 Å². The molecule has 7 heteroatoms. The van der Waals surface area contributed by atoms with Crippen LogP contribution in [0.25, 0.3) is 0 Å². The maximum absolute atomic E-state index is 11.9. The summed E-state index contributed by atoms with van der Waals surface area (Å²) >= 11 is 6.00. The summed E-state index contributed by atoms with van der Waals surface area (Å²) in [6.45, 7) is 5.23. The highest BCUT2D eigenvalue weighted by atomic mass is 35.5. The minimum absolute atomic E-state index is 0.0346. The number of carbonyl (C=O) groups is 2. The maximum atomic E-state index is 11.9. The Labute approximate surface area is 133 Å². The van der Waals surface area contributed by atoms with E-state index in [1.807, 2.05) is 6.92 Å². The van der Waals surface area contributed by atoms with Crippen molar-refractivity contribution < 1.29 is 19.4 Å². The van der Waals surface area contributed by atoms with E-state index in [4.69, 9.17) is 16.3 Å². The maximum Gasteiger partial charge on any atom is 0.354 e. The van der Waals surface area contributed by atoms with Crippen LogP contribution in [0.5, 0.6) is 0 Å². The molecule has 118 valence electrons. The van der Waals surface area contributed by atoms with E-state index in [1.54, 1.807) is 25.1 Å². The number of aliphatic carboxylic acids is 1. The molecule has 0 aromatic heterocycles. The highest BCUT2D eigenvalue weighted by Gasteiger charge is 2.48. The Hall–Kier alpha value is -2.08. The van der Waals surface area contributed by atoms with Gasteiger partial charge in [-0.2, -0.15) is 5.10 Å². The number of hydrogen-bond acceptors (Lipinski definition) is 5. The molecule has 0 aliphatic carbocycles. The minimum atomic E-state index is -1.36. The zero-order valence-electron chi connectivity index (χ0n) is 12.6. The van der Waals surface area contributed by atoms with Crippen LogP contribution in [0, 0.1) is 6.92 Å². The highest BCUT2D eigenvalue weighted by molar-refractivity contribution is 6.38. The standard InChI is InChI=1S/C15H17ClN2O4/c1-4-22-13(19)11-8-15(3,14(20)21)18(17-11)12-7-10(16)6-5-9(12)2/h5-7H,4,8H2,1-3H3,(H,20,21)/t15-/m0/s1. The lowest BCUT2D eigenvalue weighted by Gasteiger charge is -2.31. The predicted octanol–water partition coefficient (Wildman–Crippen LogP) is 2.62. The van der Waals surface area contributed by atoms with E-state index in [0.29, 0.717) is 10.7 Å². The summed E-state index contributed by atoms with van der Waals surface area (Å²) in [7, 11) is 0. The van der Waals surface area contributed by atoms with Gasteiger partial charge in [0.25, 0.3) is 0 Å². The van der Waals surface area contributed by atoms with Crippen LogP contribution in [0.2, 0.25) is 5.02 Å². The Morgan fingerprint density at radius 1 is 1.50 bits per heavy atom. The monoisotopic (exact) mass is 324 g/mol. The smallest absolute Gasteiger partial charge is 0.354 e. The molecule has 1 heterocycles. The molecular formula is C15H17ClN2O4. The molecular weight excluding hydrogens is 308 g/mol. The van der Waals surface area contributed by atoms with Gasteiger partial charge in [0.1, 0.15) is 5.71 Å². The summed E-state index contributed by atoms with van der Waals surface area (Å²) in [6.07, 6.45) is -0.0346. The van der Waals surface area contributed by atoms with Crippen molar-refractivity contribution in [1.29, 1.82) is 0 Å². The molecule has 0 amide bonds. The molecule has 1 aliphatic rings. The Bertz CT molecular complexity index is 659. The molecule has 6 nitrogen and oxygen atoms in total. The predicted molar refractivity (Wildman–Crippen MR) is 83.4 cm³/mol. The fourth-order valence-electron chi connectivity index (χ4n) is 2.29. The summed E-state index contributed by atoms with van der Waals surface area (Å²) < 4.78 is 4.92. The molecule has 0 saturated heterocycles. The normalized spacial score (nSPS) is 20.7. The van der Waals surface area contributed by atoms with E-state index in [2.05, 4.69) is 5.10 Å². The zero-order chi connectivity index (χ0) is 16.5. The number of carboxylic acid groups (broad SMARTS) is 1. The van der Waals surface area contributed by atoms with Crippen LogP contribution >= 0.6 is 11.6 Å². The third-order valence-corrected chi connectivity index (χ3v) is 3.81. The molecule has 1 aromatic carbocycles. The van der Waals surface area contributed by atoms with Gasteiger partial charge in [-0.15, -0.1) is 0 Å². The van der Waals surface area contributed by atoms with Gasteiger partial charge in [0.05, 0.1) is 12.3 Å². The van der Waals surface area contributed by atoms with E-state index in [0.717, 1.165) is 5.56 Å². The van der Waals surface area contributed by atoms with Crippen LogP contribution in [0.3, 0.4) is 0 Å². The summed E-state index contributed by atoms with van der Waals surface area (Å²) in [5.41, 5.74) is 0.0888. The van der Waals surface area contributed by atoms with Crippen LogP contribution in [0.4, 0.5) is 5.69 Å². The number of halogens is 1. The van der Waals surface area contributed by atoms with E-state index in [9.17, 15) is 14.7 Å². The second kappa shape index (κ2) is 5.96. The SMILES string of the molecule is CCOC(=O)C1=NN(c2cc(Cl)ccc2C)[C@](C)(C(=O)O)C1. The van der Waals surface area contributed by atoms with Gasteiger partial charge < -0.3 is 9.84 Å². The van der Waals surface area contributed by atoms with Gasteiger partial charge in [-0.1, -0.05) is 17.7 Å². The van der Waals surface area contributed by atoms with Crippen LogP contribution in [-0.4, -0.2) is 34.9 Å². The number of anilines is 1. The molecule has 0 saturated carbocycles. The Kier molecular flexibility index (Phi) is 4.42. The summed E-state index contributed by atoms with van der Waals surface area (Å²) in [5, 5.41) is 15.6. The third kappa shape index (κ3) is 2.78. The van der Waals surface area contributed by atoms with Gasteiger partial charge in [-0.05, 0) is 38.5 Å². The fraction of sp³-hybridized carbons (Fsp3) is 0.400. The molecule has 0 radical (unpaired) electrons. The van der Waals surface area contributed by atoms with Crippen molar-refractivity contribution in [3.05, 3.63) is 28.8 Å². The Morgan fingerprint density at radius 3 is 2.77 bits per heavy atom. The molecule has 0 unspecified atom stereocenters. The lowest BCUT2D eigenvalue weighted by Crippen LogP contribution is -2.47. The number of benzene rings is 1. The Morgan fingerprint density at radius 2 is 2.18 bits per heavy atom. The van der Waals surface area contributed by atoms with Crippen LogP contribution in [-0.2, 0) is 14.3 Å². The lowest BCUT2D eigenvalue weighted by molar-refractivity contribution is -0.142. The number of hydrazone groups is 1. The first-order valence-electron chi connectivity index (χ1n) is 6.84. The number of esters is 1. The average Bonchev–Trinajstić information content (AvgIpc) is 2.81. The largest absolute Gasteiger partial charge is 0.479 e. The number of carboxylic acids is 1. The summed E-state index contributed by atoms with van der Waals surface area (Å²) in [4.78, 5) is 23.6. The lowest BCUT2D eigenvalue weighted by atomic mass is 9.95. The molecule has 1 aliphatic heterocycles. The molecule has 2 rings (SSSR count). The number of ether oxygens (including phenoxy) is 1. The summed E-state index contributed by atoms with van der Waals surface area (Å²) in [5.74, 6) is -1.67. The van der Waals surface area contributed by atoms with Gasteiger partial charge in [0.15, 0.2) is 5.54 Å². The average molecular weight is 325 g/mol. The molecule has 1 N–H and O–H groups in total. The number of hydrogen-bond donors (Lipinski definition) is 1. The van der Waals surface area contributed by atoms with Crippen molar-refractivity contribution in [1.82, 2.24) is 0 Å². The molecule has 1 atom stereocenters. The van der Waals surface area contributed by atoms with Gasteiger partial charge in [-0.3, -0.25) is 0 Å². The van der Waals surface area contributed by atoms with Gasteiger partial charge in [-0.25, -0.2) is 14.6 Å². The van der Waals surface area contributed by atoms with E-state index >= 15 is 0 Å².